The summed E-state index contributed by atoms with van der Waals surface area (Å²) in [6.45, 7) is 1.31. The molecule has 0 saturated carbocycles. The Labute approximate surface area is 321 Å². The third-order valence-corrected chi connectivity index (χ3v) is 11.7. The minimum atomic E-state index is -0.907. The van der Waals surface area contributed by atoms with Crippen molar-refractivity contribution in [1.82, 2.24) is 10.6 Å². The third-order valence-electron chi connectivity index (χ3n) is 11.7. The van der Waals surface area contributed by atoms with Gasteiger partial charge in [-0.25, -0.2) is 0 Å². The Balaban J connectivity index is 1.34. The van der Waals surface area contributed by atoms with E-state index in [2.05, 4.69) is 39.9 Å². The number of hydrogen-bond acceptors (Lipinski definition) is 11. The highest BCUT2D eigenvalue weighted by atomic mass is 16.6. The number of likely N-dealkylation sites (N-methyl/N-ethyl adjacent to an activating group) is 1. The maximum Gasteiger partial charge on any atom is 0.161 e. The maximum atomic E-state index is 11.1. The summed E-state index contributed by atoms with van der Waals surface area (Å²) in [4.78, 5) is 4.59. The van der Waals surface area contributed by atoms with Crippen molar-refractivity contribution in [3.8, 4) is 39.9 Å². The average Bonchev–Trinajstić information content (AvgIpc) is 3.67. The molecule has 4 aromatic carbocycles. The Morgan fingerprint density at radius 2 is 1.84 bits per heavy atom. The van der Waals surface area contributed by atoms with Crippen LogP contribution in [0, 0.1) is 0 Å². The number of phenols is 2. The summed E-state index contributed by atoms with van der Waals surface area (Å²) in [6.07, 6.45) is 5.33. The molecule has 11 nitrogen and oxygen atoms in total. The Hall–Kier alpha value is -4.65. The molecule has 11 heteroatoms. The van der Waals surface area contributed by atoms with E-state index in [0.717, 1.165) is 67.4 Å². The van der Waals surface area contributed by atoms with Crippen molar-refractivity contribution in [2.45, 2.75) is 68.7 Å². The molecule has 0 saturated heterocycles. The molecule has 4 aliphatic rings. The van der Waals surface area contributed by atoms with Gasteiger partial charge in [0.15, 0.2) is 17.6 Å². The summed E-state index contributed by atoms with van der Waals surface area (Å²) in [6, 6.07) is 15.9. The number of nitrogens with zero attached hydrogens (tertiary/aromatic N) is 1. The minimum absolute atomic E-state index is 0.00912. The molecule has 0 unspecified atom stereocenters. The van der Waals surface area contributed by atoms with Crippen LogP contribution in [0.5, 0.6) is 28.7 Å². The summed E-state index contributed by atoms with van der Waals surface area (Å²) in [5.74, 6) is 2.13. The molecular formula is C44H51N3O8. The second-order valence-electron chi connectivity index (χ2n) is 15.2. The first-order chi connectivity index (χ1) is 26.8. The number of aliphatic hydroxyl groups is 2. The van der Waals surface area contributed by atoms with Gasteiger partial charge in [-0.1, -0.05) is 18.2 Å². The molecule has 1 aliphatic carbocycles. The van der Waals surface area contributed by atoms with Crippen LogP contribution in [-0.2, 0) is 36.8 Å². The van der Waals surface area contributed by atoms with Gasteiger partial charge in [0, 0.05) is 36.3 Å². The van der Waals surface area contributed by atoms with Crippen molar-refractivity contribution >= 4 is 6.08 Å². The van der Waals surface area contributed by atoms with E-state index in [1.807, 2.05) is 38.4 Å². The number of aliphatic hydroxyl groups excluding tert-OH is 2. The number of rotatable bonds is 13. The molecule has 6 N–H and O–H groups in total. The van der Waals surface area contributed by atoms with E-state index in [9.17, 15) is 20.4 Å². The number of nitrogens with one attached hydrogen (secondary N) is 2. The van der Waals surface area contributed by atoms with Crippen LogP contribution < -0.4 is 35.4 Å². The number of aromatic hydroxyl groups is 2. The van der Waals surface area contributed by atoms with Crippen LogP contribution >= 0.6 is 0 Å². The lowest BCUT2D eigenvalue weighted by atomic mass is 9.70. The standard InChI is InChI=1S/C44H51N3O8/c1-45-23-44(53-24-46-2)21-36-35-18-28(16-25-6-11-37-26(15-25)12-13-47-37)34-20-30(50)7-9-32(34)39(35)42-33(10-8-31(22-49)54-42)41(36)55-43(44)29-17-27(5-4-14-48)40(51)38(19-29)52-3/h6-7,9,11-12,15,17,19-20,28,31,43,45-46,48-51H,4-5,8,10,13-14,16,18,21-24H2,1-3H3/t28-,31+,43+,44-/m0/s1. The summed E-state index contributed by atoms with van der Waals surface area (Å²) < 4.78 is 26.6. The van der Waals surface area contributed by atoms with Crippen LogP contribution in [0.25, 0.3) is 17.2 Å². The summed E-state index contributed by atoms with van der Waals surface area (Å²) >= 11 is 0. The van der Waals surface area contributed by atoms with Crippen LogP contribution in [0.4, 0.5) is 0 Å². The zero-order chi connectivity index (χ0) is 38.3. The molecule has 8 rings (SSSR count). The molecule has 55 heavy (non-hydrogen) atoms. The first-order valence-corrected chi connectivity index (χ1v) is 19.4. The second kappa shape index (κ2) is 15.5. The van der Waals surface area contributed by atoms with Gasteiger partial charge in [-0.3, -0.25) is 10.3 Å². The first-order valence-electron chi connectivity index (χ1n) is 19.4. The lowest BCUT2D eigenvalue weighted by Crippen LogP contribution is -2.54. The lowest BCUT2D eigenvalue weighted by molar-refractivity contribution is -0.128. The zero-order valence-corrected chi connectivity index (χ0v) is 31.8. The fourth-order valence-corrected chi connectivity index (χ4v) is 9.23. The van der Waals surface area contributed by atoms with Gasteiger partial charge in [-0.2, -0.15) is 0 Å². The number of benzene rings is 4. The molecule has 3 heterocycles. The van der Waals surface area contributed by atoms with Gasteiger partial charge in [-0.05, 0) is 134 Å². The van der Waals surface area contributed by atoms with Crippen LogP contribution in [-0.4, -0.2) is 86.4 Å². The van der Waals surface area contributed by atoms with E-state index in [4.69, 9.17) is 18.9 Å². The Morgan fingerprint density at radius 3 is 2.62 bits per heavy atom. The van der Waals surface area contributed by atoms with Crippen molar-refractivity contribution in [1.29, 1.82) is 0 Å². The van der Waals surface area contributed by atoms with Gasteiger partial charge in [0.05, 0.1) is 32.3 Å². The highest BCUT2D eigenvalue weighted by Crippen LogP contribution is 2.57. The number of aryl methyl sites for hydroxylation is 1. The van der Waals surface area contributed by atoms with Crippen LogP contribution in [0.3, 0.4) is 0 Å². The van der Waals surface area contributed by atoms with E-state index in [-0.39, 0.29) is 43.5 Å². The Kier molecular flexibility index (Phi) is 10.5. The summed E-state index contributed by atoms with van der Waals surface area (Å²) in [5, 5.41) is 50.8. The SMILES string of the molecule is CNCO[C@]1(CNC)Cc2c3c(c4c(c2O[C@@H]1c1cc(CCCO)c(O)c(OC)c1)CC[C@H](CO)O4)-c1ccc(O)cc1[C@@H](Cc1ccc2c(c1)=CCN=2)C3. The second-order valence-corrected chi connectivity index (χ2v) is 15.2. The van der Waals surface area contributed by atoms with E-state index in [1.54, 1.807) is 6.07 Å². The molecule has 0 amide bonds. The number of methoxy groups -OCH3 is 1. The van der Waals surface area contributed by atoms with Crippen molar-refractivity contribution < 1.29 is 39.4 Å². The van der Waals surface area contributed by atoms with Gasteiger partial charge in [-0.15, -0.1) is 0 Å². The fraction of sp³-hybridized carbons (Fsp3) is 0.432. The Bertz CT molecular complexity index is 2220. The van der Waals surface area contributed by atoms with Gasteiger partial charge < -0.3 is 44.7 Å². The van der Waals surface area contributed by atoms with E-state index >= 15 is 0 Å². The van der Waals surface area contributed by atoms with Gasteiger partial charge in [0.1, 0.15) is 29.0 Å². The van der Waals surface area contributed by atoms with Gasteiger partial charge in [0.2, 0.25) is 0 Å². The zero-order valence-electron chi connectivity index (χ0n) is 31.8. The van der Waals surface area contributed by atoms with E-state index < -0.39 is 11.7 Å². The topological polar surface area (TPSA) is 154 Å². The smallest absolute Gasteiger partial charge is 0.161 e. The molecule has 0 radical (unpaired) electrons. The van der Waals surface area contributed by atoms with Gasteiger partial charge >= 0.3 is 0 Å². The highest BCUT2D eigenvalue weighted by Gasteiger charge is 2.50. The van der Waals surface area contributed by atoms with Crippen molar-refractivity contribution in [3.63, 3.8) is 0 Å². The predicted molar refractivity (Wildman–Crippen MR) is 209 cm³/mol. The predicted octanol–water partition coefficient (Wildman–Crippen LogP) is 3.51. The molecule has 0 aromatic heterocycles. The van der Waals surface area contributed by atoms with Crippen LogP contribution in [0.15, 0.2) is 53.5 Å². The van der Waals surface area contributed by atoms with Crippen molar-refractivity contribution in [2.75, 3.05) is 54.2 Å². The number of fused-ring (bicyclic) bond motifs is 9. The number of phenolic OH excluding ortho intramolecular Hbond substituents is 2. The fourth-order valence-electron chi connectivity index (χ4n) is 9.23. The lowest BCUT2D eigenvalue weighted by Gasteiger charge is -2.47. The van der Waals surface area contributed by atoms with Crippen LogP contribution in [0.2, 0.25) is 0 Å². The largest absolute Gasteiger partial charge is 0.508 e. The first kappa shape index (κ1) is 37.3. The summed E-state index contributed by atoms with van der Waals surface area (Å²) in [5.41, 5.74) is 7.96. The van der Waals surface area contributed by atoms with E-state index in [1.165, 1.54) is 12.7 Å². The average molecular weight is 750 g/mol. The molecule has 3 aliphatic heterocycles. The quantitative estimate of drug-likeness (QED) is 0.112. The minimum Gasteiger partial charge on any atom is -0.508 e. The molecule has 0 spiro atoms. The molecule has 290 valence electrons. The molecule has 4 atom stereocenters. The highest BCUT2D eigenvalue weighted by molar-refractivity contribution is 5.85. The van der Waals surface area contributed by atoms with Gasteiger partial charge in [0.25, 0.3) is 0 Å². The molecule has 4 aromatic rings. The monoisotopic (exact) mass is 749 g/mol. The molecule has 0 bridgehead atoms. The van der Waals surface area contributed by atoms with Crippen LogP contribution in [0.1, 0.15) is 63.8 Å². The number of hydrogen-bond donors (Lipinski definition) is 6. The number of ether oxygens (including phenoxy) is 4. The summed E-state index contributed by atoms with van der Waals surface area (Å²) in [7, 11) is 5.30. The normalized spacial score (nSPS) is 21.8. The van der Waals surface area contributed by atoms with Crippen molar-refractivity contribution in [3.05, 3.63) is 98.1 Å². The maximum absolute atomic E-state index is 11.1. The third kappa shape index (κ3) is 6.72. The van der Waals surface area contributed by atoms with E-state index in [0.29, 0.717) is 62.9 Å². The molecular weight excluding hydrogens is 698 g/mol. The van der Waals surface area contributed by atoms with Crippen molar-refractivity contribution in [2.24, 2.45) is 4.99 Å². The Morgan fingerprint density at radius 1 is 0.964 bits per heavy atom. The molecule has 0 fully saturated rings.